The van der Waals surface area contributed by atoms with E-state index in [0.29, 0.717) is 41.9 Å². The summed E-state index contributed by atoms with van der Waals surface area (Å²) in [5.41, 5.74) is 2.03. The summed E-state index contributed by atoms with van der Waals surface area (Å²) in [7, 11) is 0. The lowest BCUT2D eigenvalue weighted by Crippen LogP contribution is -2.41. The SMILES string of the molecule is O=C(CN1CCOCC1)Nc1cc2nc(-n3cccn3)[nH]c2cc1Cl. The maximum atomic E-state index is 12.3. The second kappa shape index (κ2) is 6.83. The van der Waals surface area contributed by atoms with Gasteiger partial charge in [0.1, 0.15) is 0 Å². The Morgan fingerprint density at radius 2 is 2.20 bits per heavy atom. The van der Waals surface area contributed by atoms with Crippen LogP contribution in [0.2, 0.25) is 5.02 Å². The van der Waals surface area contributed by atoms with Crippen molar-refractivity contribution in [2.75, 3.05) is 38.2 Å². The summed E-state index contributed by atoms with van der Waals surface area (Å²) in [5.74, 6) is 0.485. The minimum atomic E-state index is -0.106. The first kappa shape index (κ1) is 16.1. The number of benzene rings is 1. The molecule has 1 fully saturated rings. The molecule has 1 aliphatic heterocycles. The molecule has 1 aromatic carbocycles. The summed E-state index contributed by atoms with van der Waals surface area (Å²) < 4.78 is 6.92. The van der Waals surface area contributed by atoms with Crippen molar-refractivity contribution in [2.45, 2.75) is 0 Å². The number of carbonyl (C=O) groups is 1. The van der Waals surface area contributed by atoms with Crippen molar-refractivity contribution < 1.29 is 9.53 Å². The maximum Gasteiger partial charge on any atom is 0.238 e. The Balaban J connectivity index is 1.52. The van der Waals surface area contributed by atoms with E-state index in [1.165, 1.54) is 0 Å². The number of anilines is 1. The van der Waals surface area contributed by atoms with Gasteiger partial charge in [-0.25, -0.2) is 9.67 Å². The molecule has 3 heterocycles. The van der Waals surface area contributed by atoms with Gasteiger partial charge in [0.25, 0.3) is 0 Å². The van der Waals surface area contributed by atoms with Gasteiger partial charge in [-0.2, -0.15) is 5.10 Å². The average molecular weight is 361 g/mol. The quantitative estimate of drug-likeness (QED) is 0.739. The lowest BCUT2D eigenvalue weighted by molar-refractivity contribution is -0.118. The normalized spacial score (nSPS) is 15.6. The fourth-order valence-electron chi connectivity index (χ4n) is 2.77. The highest BCUT2D eigenvalue weighted by Gasteiger charge is 2.16. The molecular formula is C16H17ClN6O2. The number of hydrogen-bond donors (Lipinski definition) is 2. The number of amides is 1. The van der Waals surface area contributed by atoms with E-state index in [4.69, 9.17) is 16.3 Å². The van der Waals surface area contributed by atoms with Gasteiger partial charge in [0.05, 0.1) is 41.5 Å². The van der Waals surface area contributed by atoms with Gasteiger partial charge >= 0.3 is 0 Å². The summed E-state index contributed by atoms with van der Waals surface area (Å²) in [5, 5.41) is 7.47. The first-order valence-electron chi connectivity index (χ1n) is 7.98. The molecule has 0 saturated carbocycles. The Morgan fingerprint density at radius 1 is 1.36 bits per heavy atom. The van der Waals surface area contributed by atoms with Crippen LogP contribution in [0.1, 0.15) is 0 Å². The van der Waals surface area contributed by atoms with Gasteiger partial charge < -0.3 is 15.0 Å². The Hall–Kier alpha value is -2.42. The van der Waals surface area contributed by atoms with Crippen molar-refractivity contribution in [1.29, 1.82) is 0 Å². The van der Waals surface area contributed by atoms with Gasteiger partial charge in [-0.05, 0) is 18.2 Å². The number of carbonyl (C=O) groups excluding carboxylic acids is 1. The molecule has 4 rings (SSSR count). The number of ether oxygens (including phenoxy) is 1. The Kier molecular flexibility index (Phi) is 4.39. The van der Waals surface area contributed by atoms with E-state index < -0.39 is 0 Å². The van der Waals surface area contributed by atoms with Crippen LogP contribution in [0.15, 0.2) is 30.6 Å². The number of H-pyrrole nitrogens is 1. The number of hydrogen-bond acceptors (Lipinski definition) is 5. The summed E-state index contributed by atoms with van der Waals surface area (Å²) in [6.45, 7) is 3.14. The number of morpholine rings is 1. The van der Waals surface area contributed by atoms with Crippen LogP contribution in [0.3, 0.4) is 0 Å². The highest BCUT2D eigenvalue weighted by Crippen LogP contribution is 2.27. The Labute approximate surface area is 148 Å². The monoisotopic (exact) mass is 360 g/mol. The minimum absolute atomic E-state index is 0.106. The van der Waals surface area contributed by atoms with E-state index in [1.807, 2.05) is 6.07 Å². The fraction of sp³-hybridized carbons (Fsp3) is 0.312. The molecule has 0 spiro atoms. The van der Waals surface area contributed by atoms with Crippen molar-refractivity contribution >= 4 is 34.2 Å². The number of aromatic amines is 1. The average Bonchev–Trinajstić information content (AvgIpc) is 3.25. The summed E-state index contributed by atoms with van der Waals surface area (Å²) in [6.07, 6.45) is 3.47. The molecule has 0 radical (unpaired) electrons. The Morgan fingerprint density at radius 3 is 2.96 bits per heavy atom. The van der Waals surface area contributed by atoms with Gasteiger partial charge in [0.2, 0.25) is 11.9 Å². The zero-order valence-corrected chi connectivity index (χ0v) is 14.2. The molecule has 1 saturated heterocycles. The van der Waals surface area contributed by atoms with E-state index in [2.05, 4.69) is 25.3 Å². The Bertz CT molecular complexity index is 886. The number of imidazole rings is 1. The molecule has 0 aliphatic carbocycles. The van der Waals surface area contributed by atoms with Crippen molar-refractivity contribution in [3.63, 3.8) is 0 Å². The third-order valence-corrected chi connectivity index (χ3v) is 4.34. The zero-order chi connectivity index (χ0) is 17.2. The topological polar surface area (TPSA) is 88.1 Å². The van der Waals surface area contributed by atoms with E-state index >= 15 is 0 Å². The first-order valence-corrected chi connectivity index (χ1v) is 8.36. The molecule has 130 valence electrons. The molecule has 2 N–H and O–H groups in total. The molecule has 2 aromatic heterocycles. The second-order valence-electron chi connectivity index (χ2n) is 5.80. The van der Waals surface area contributed by atoms with Gasteiger partial charge in [-0.1, -0.05) is 11.6 Å². The van der Waals surface area contributed by atoms with Crippen molar-refractivity contribution in [3.05, 3.63) is 35.6 Å². The molecular weight excluding hydrogens is 344 g/mol. The fourth-order valence-corrected chi connectivity index (χ4v) is 2.98. The van der Waals surface area contributed by atoms with Crippen LogP contribution in [0.5, 0.6) is 0 Å². The van der Waals surface area contributed by atoms with Crippen LogP contribution < -0.4 is 5.32 Å². The van der Waals surface area contributed by atoms with Crippen LogP contribution in [-0.2, 0) is 9.53 Å². The number of fused-ring (bicyclic) bond motifs is 1. The van der Waals surface area contributed by atoms with Crippen LogP contribution in [0, 0.1) is 0 Å². The van der Waals surface area contributed by atoms with Crippen molar-refractivity contribution in [2.24, 2.45) is 0 Å². The molecule has 9 heteroatoms. The summed E-state index contributed by atoms with van der Waals surface area (Å²) in [6, 6.07) is 5.33. The van der Waals surface area contributed by atoms with Crippen LogP contribution in [0.25, 0.3) is 17.0 Å². The lowest BCUT2D eigenvalue weighted by Gasteiger charge is -2.25. The van der Waals surface area contributed by atoms with Gasteiger partial charge in [-0.15, -0.1) is 0 Å². The third kappa shape index (κ3) is 3.51. The van der Waals surface area contributed by atoms with Gasteiger partial charge in [0, 0.05) is 25.5 Å². The van der Waals surface area contributed by atoms with Gasteiger partial charge in [0.15, 0.2) is 0 Å². The van der Waals surface area contributed by atoms with E-state index in [9.17, 15) is 4.79 Å². The predicted molar refractivity (Wildman–Crippen MR) is 94.1 cm³/mol. The highest BCUT2D eigenvalue weighted by molar-refractivity contribution is 6.34. The molecule has 8 nitrogen and oxygen atoms in total. The molecule has 0 atom stereocenters. The van der Waals surface area contributed by atoms with E-state index in [-0.39, 0.29) is 5.91 Å². The maximum absolute atomic E-state index is 12.3. The van der Waals surface area contributed by atoms with Crippen LogP contribution >= 0.6 is 11.6 Å². The number of nitrogens with one attached hydrogen (secondary N) is 2. The molecule has 0 unspecified atom stereocenters. The molecule has 3 aromatic rings. The standard InChI is InChI=1S/C16H17ClN6O2/c17-11-8-13-14(21-16(20-13)23-3-1-2-18-23)9-12(11)19-15(24)10-22-4-6-25-7-5-22/h1-3,8-9H,4-7,10H2,(H,19,24)(H,20,21). The summed E-state index contributed by atoms with van der Waals surface area (Å²) in [4.78, 5) is 22.0. The number of nitrogens with zero attached hydrogens (tertiary/aromatic N) is 4. The number of halogens is 1. The van der Waals surface area contributed by atoms with Crippen molar-refractivity contribution in [1.82, 2.24) is 24.6 Å². The van der Waals surface area contributed by atoms with Crippen LogP contribution in [0.4, 0.5) is 5.69 Å². The highest BCUT2D eigenvalue weighted by atomic mass is 35.5. The molecule has 25 heavy (non-hydrogen) atoms. The first-order chi connectivity index (χ1) is 12.2. The predicted octanol–water partition coefficient (Wildman–Crippen LogP) is 1.67. The summed E-state index contributed by atoms with van der Waals surface area (Å²) >= 11 is 6.31. The third-order valence-electron chi connectivity index (χ3n) is 4.02. The van der Waals surface area contributed by atoms with Gasteiger partial charge in [-0.3, -0.25) is 9.69 Å². The van der Waals surface area contributed by atoms with E-state index in [0.717, 1.165) is 18.6 Å². The zero-order valence-electron chi connectivity index (χ0n) is 13.4. The largest absolute Gasteiger partial charge is 0.379 e. The van der Waals surface area contributed by atoms with Crippen molar-refractivity contribution in [3.8, 4) is 5.95 Å². The minimum Gasteiger partial charge on any atom is -0.379 e. The van der Waals surface area contributed by atoms with Crippen LogP contribution in [-0.4, -0.2) is 63.4 Å². The molecule has 1 amide bonds. The lowest BCUT2D eigenvalue weighted by atomic mass is 10.2. The van der Waals surface area contributed by atoms with E-state index in [1.54, 1.807) is 29.2 Å². The molecule has 1 aliphatic rings. The molecule has 0 bridgehead atoms. The number of rotatable bonds is 4. The second-order valence-corrected chi connectivity index (χ2v) is 6.20. The number of aromatic nitrogens is 4. The smallest absolute Gasteiger partial charge is 0.238 e.